The van der Waals surface area contributed by atoms with Crippen LogP contribution in [0, 0.1) is 5.82 Å². The van der Waals surface area contributed by atoms with Crippen LogP contribution >= 0.6 is 11.3 Å². The molecule has 174 valence electrons. The second-order valence-corrected chi connectivity index (χ2v) is 10.2. The maximum atomic E-state index is 13.2. The van der Waals surface area contributed by atoms with Gasteiger partial charge in [-0.3, -0.25) is 14.8 Å². The van der Waals surface area contributed by atoms with Crippen molar-refractivity contribution in [3.63, 3.8) is 0 Å². The van der Waals surface area contributed by atoms with E-state index in [-0.39, 0.29) is 16.1 Å². The summed E-state index contributed by atoms with van der Waals surface area (Å²) in [5, 5.41) is 7.14. The maximum absolute atomic E-state index is 13.2. The molecule has 4 aromatic carbocycles. The minimum atomic E-state index is -4.02. The van der Waals surface area contributed by atoms with Gasteiger partial charge in [-0.2, -0.15) is 0 Å². The highest BCUT2D eigenvalue weighted by atomic mass is 32.2. The molecule has 0 unspecified atom stereocenters. The van der Waals surface area contributed by atoms with Crippen LogP contribution in [0.15, 0.2) is 101 Å². The Balaban J connectivity index is 1.39. The number of hydrogen-bond donors (Lipinski definition) is 2. The van der Waals surface area contributed by atoms with Crippen LogP contribution in [0.5, 0.6) is 0 Å². The van der Waals surface area contributed by atoms with Gasteiger partial charge in [-0.25, -0.2) is 17.8 Å². The highest BCUT2D eigenvalue weighted by molar-refractivity contribution is 7.92. The average molecular weight is 504 g/mol. The number of amides is 1. The third-order valence-corrected chi connectivity index (χ3v) is 7.47. The van der Waals surface area contributed by atoms with Crippen LogP contribution in [0.25, 0.3) is 22.0 Å². The molecule has 1 heterocycles. The van der Waals surface area contributed by atoms with Gasteiger partial charge in [-0.05, 0) is 47.2 Å². The first kappa shape index (κ1) is 22.7. The van der Waals surface area contributed by atoms with Gasteiger partial charge in [0.25, 0.3) is 15.9 Å². The summed E-state index contributed by atoms with van der Waals surface area (Å²) in [5.41, 5.74) is 1.90. The molecule has 0 aliphatic heterocycles. The van der Waals surface area contributed by atoms with Gasteiger partial charge in [-0.15, -0.1) is 11.3 Å². The molecular weight excluding hydrogens is 485 g/mol. The Morgan fingerprint density at radius 3 is 2.40 bits per heavy atom. The van der Waals surface area contributed by atoms with E-state index in [1.54, 1.807) is 12.1 Å². The van der Waals surface area contributed by atoms with Gasteiger partial charge in [0, 0.05) is 10.9 Å². The number of fused-ring (bicyclic) bond motifs is 1. The molecule has 0 bridgehead atoms. The topological polar surface area (TPSA) is 88.2 Å². The molecule has 1 amide bonds. The number of rotatable bonds is 6. The number of hydrogen-bond acceptors (Lipinski definition) is 5. The zero-order chi connectivity index (χ0) is 24.4. The Hall–Kier alpha value is -4.08. The molecular formula is C26H18FN3O3S2. The molecule has 5 aromatic rings. The normalized spacial score (nSPS) is 11.3. The van der Waals surface area contributed by atoms with E-state index in [2.05, 4.69) is 15.0 Å². The first-order valence-corrected chi connectivity index (χ1v) is 12.9. The lowest BCUT2D eigenvalue weighted by molar-refractivity contribution is 0.102. The SMILES string of the molecule is O=C(Nc1nc(-c2cccc3ccccc23)cs1)c1ccccc1NS(=O)(=O)c1ccc(F)cc1. The lowest BCUT2D eigenvalue weighted by Crippen LogP contribution is -2.18. The standard InChI is InChI=1S/C26H18FN3O3S2/c27-18-12-14-19(15-13-18)35(32,33)30-23-11-4-3-9-22(23)25(31)29-26-28-24(16-34-26)21-10-5-7-17-6-1-2-8-20(17)21/h1-16,30H,(H,28,29,31). The van der Waals surface area contributed by atoms with Gasteiger partial charge in [0.15, 0.2) is 5.13 Å². The highest BCUT2D eigenvalue weighted by Crippen LogP contribution is 2.31. The number of anilines is 2. The molecule has 0 atom stereocenters. The molecule has 0 fully saturated rings. The molecule has 0 spiro atoms. The van der Waals surface area contributed by atoms with Crippen molar-refractivity contribution in [1.29, 1.82) is 0 Å². The molecule has 6 nitrogen and oxygen atoms in total. The van der Waals surface area contributed by atoms with E-state index >= 15 is 0 Å². The third-order valence-electron chi connectivity index (χ3n) is 5.33. The number of para-hydroxylation sites is 1. The molecule has 9 heteroatoms. The van der Waals surface area contributed by atoms with Crippen molar-refractivity contribution in [2.45, 2.75) is 4.90 Å². The number of nitrogens with one attached hydrogen (secondary N) is 2. The van der Waals surface area contributed by atoms with Gasteiger partial charge in [0.1, 0.15) is 5.82 Å². The summed E-state index contributed by atoms with van der Waals surface area (Å²) in [6.45, 7) is 0. The molecule has 0 saturated carbocycles. The van der Waals surface area contributed by atoms with Gasteiger partial charge < -0.3 is 0 Å². The summed E-state index contributed by atoms with van der Waals surface area (Å²) in [5.74, 6) is -1.06. The fourth-order valence-corrected chi connectivity index (χ4v) is 5.44. The fourth-order valence-electron chi connectivity index (χ4n) is 3.66. The molecule has 2 N–H and O–H groups in total. The third kappa shape index (κ3) is 4.77. The second-order valence-electron chi connectivity index (χ2n) is 7.62. The first-order chi connectivity index (χ1) is 16.9. The van der Waals surface area contributed by atoms with Gasteiger partial charge in [-0.1, -0.05) is 54.6 Å². The van der Waals surface area contributed by atoms with E-state index < -0.39 is 21.7 Å². The van der Waals surface area contributed by atoms with Crippen LogP contribution in [0.3, 0.4) is 0 Å². The predicted octanol–water partition coefficient (Wildman–Crippen LogP) is 6.16. The molecule has 0 saturated heterocycles. The van der Waals surface area contributed by atoms with E-state index in [1.807, 2.05) is 47.8 Å². The van der Waals surface area contributed by atoms with E-state index in [4.69, 9.17) is 0 Å². The van der Waals surface area contributed by atoms with Crippen molar-refractivity contribution >= 4 is 48.9 Å². The van der Waals surface area contributed by atoms with Crippen LogP contribution in [-0.4, -0.2) is 19.3 Å². The maximum Gasteiger partial charge on any atom is 0.261 e. The lowest BCUT2D eigenvalue weighted by Gasteiger charge is -2.12. The molecule has 0 aliphatic rings. The average Bonchev–Trinajstić information content (AvgIpc) is 3.32. The van der Waals surface area contributed by atoms with Crippen molar-refractivity contribution < 1.29 is 17.6 Å². The zero-order valence-corrected chi connectivity index (χ0v) is 19.7. The first-order valence-electron chi connectivity index (χ1n) is 10.5. The van der Waals surface area contributed by atoms with Crippen molar-refractivity contribution in [3.05, 3.63) is 108 Å². The summed E-state index contributed by atoms with van der Waals surface area (Å²) in [4.78, 5) is 17.5. The van der Waals surface area contributed by atoms with Gasteiger partial charge in [0.2, 0.25) is 0 Å². The number of nitrogens with zero attached hydrogens (tertiary/aromatic N) is 1. The van der Waals surface area contributed by atoms with Crippen molar-refractivity contribution in [3.8, 4) is 11.3 Å². The Kier molecular flexibility index (Phi) is 6.02. The fraction of sp³-hybridized carbons (Fsp3) is 0. The summed E-state index contributed by atoms with van der Waals surface area (Å²) < 4.78 is 41.1. The van der Waals surface area contributed by atoms with Crippen LogP contribution < -0.4 is 10.0 Å². The number of aromatic nitrogens is 1. The van der Waals surface area contributed by atoms with E-state index in [0.29, 0.717) is 5.13 Å². The number of thiazole rings is 1. The number of sulfonamides is 1. The summed E-state index contributed by atoms with van der Waals surface area (Å²) in [6, 6.07) is 24.6. The smallest absolute Gasteiger partial charge is 0.261 e. The molecule has 35 heavy (non-hydrogen) atoms. The minimum Gasteiger partial charge on any atom is -0.298 e. The molecule has 1 aromatic heterocycles. The predicted molar refractivity (Wildman–Crippen MR) is 137 cm³/mol. The van der Waals surface area contributed by atoms with E-state index in [9.17, 15) is 17.6 Å². The summed E-state index contributed by atoms with van der Waals surface area (Å²) in [6.07, 6.45) is 0. The second kappa shape index (κ2) is 9.28. The largest absolute Gasteiger partial charge is 0.298 e. The Morgan fingerprint density at radius 2 is 1.57 bits per heavy atom. The van der Waals surface area contributed by atoms with Crippen LogP contribution in [0.2, 0.25) is 0 Å². The van der Waals surface area contributed by atoms with E-state index in [0.717, 1.165) is 46.3 Å². The number of halogens is 1. The van der Waals surface area contributed by atoms with Crippen LogP contribution in [-0.2, 0) is 10.0 Å². The summed E-state index contributed by atoms with van der Waals surface area (Å²) in [7, 11) is -4.02. The van der Waals surface area contributed by atoms with Gasteiger partial charge in [0.05, 0.1) is 21.8 Å². The Morgan fingerprint density at radius 1 is 0.857 bits per heavy atom. The molecule has 5 rings (SSSR count). The minimum absolute atomic E-state index is 0.0974. The van der Waals surface area contributed by atoms with Crippen LogP contribution in [0.4, 0.5) is 15.2 Å². The Labute approximate surface area is 205 Å². The van der Waals surface area contributed by atoms with Crippen molar-refractivity contribution in [2.24, 2.45) is 0 Å². The van der Waals surface area contributed by atoms with Gasteiger partial charge >= 0.3 is 0 Å². The van der Waals surface area contributed by atoms with Crippen molar-refractivity contribution in [2.75, 3.05) is 10.0 Å². The molecule has 0 aliphatic carbocycles. The number of carbonyl (C=O) groups is 1. The van der Waals surface area contributed by atoms with E-state index in [1.165, 1.54) is 23.5 Å². The van der Waals surface area contributed by atoms with Crippen molar-refractivity contribution in [1.82, 2.24) is 4.98 Å². The quantitative estimate of drug-likeness (QED) is 0.291. The monoisotopic (exact) mass is 503 g/mol. The highest BCUT2D eigenvalue weighted by Gasteiger charge is 2.19. The lowest BCUT2D eigenvalue weighted by atomic mass is 10.0. The Bertz CT molecular complexity index is 1640. The number of carbonyl (C=O) groups excluding carboxylic acids is 1. The number of benzene rings is 4. The molecule has 0 radical (unpaired) electrons. The summed E-state index contributed by atoms with van der Waals surface area (Å²) >= 11 is 1.28. The van der Waals surface area contributed by atoms with Crippen LogP contribution in [0.1, 0.15) is 10.4 Å². The zero-order valence-electron chi connectivity index (χ0n) is 18.1.